The molecular formula is C20H27N3O3. The number of piperidine rings is 1. The van der Waals surface area contributed by atoms with Crippen molar-refractivity contribution in [2.45, 2.75) is 45.2 Å². The molecule has 1 aromatic heterocycles. The fourth-order valence-electron chi connectivity index (χ4n) is 4.12. The summed E-state index contributed by atoms with van der Waals surface area (Å²) in [5.41, 5.74) is 2.74. The lowest BCUT2D eigenvalue weighted by molar-refractivity contribution is -0.127. The molecule has 26 heavy (non-hydrogen) atoms. The molecule has 6 heteroatoms. The molecule has 2 saturated heterocycles. The number of aryl methyl sites for hydroxylation is 1. The molecule has 0 radical (unpaired) electrons. The summed E-state index contributed by atoms with van der Waals surface area (Å²) in [6.07, 6.45) is 4.20. The van der Waals surface area contributed by atoms with Gasteiger partial charge in [0.05, 0.1) is 12.5 Å². The van der Waals surface area contributed by atoms with Crippen LogP contribution in [0.2, 0.25) is 0 Å². The van der Waals surface area contributed by atoms with Gasteiger partial charge in [-0.15, -0.1) is 0 Å². The number of rotatable bonds is 4. The van der Waals surface area contributed by atoms with Gasteiger partial charge in [0.25, 0.3) is 0 Å². The first-order valence-electron chi connectivity index (χ1n) is 9.65. The average molecular weight is 357 g/mol. The van der Waals surface area contributed by atoms with Gasteiger partial charge in [-0.25, -0.2) is 4.98 Å². The van der Waals surface area contributed by atoms with Crippen LogP contribution in [0.4, 0.5) is 0 Å². The molecular weight excluding hydrogens is 330 g/mol. The van der Waals surface area contributed by atoms with Crippen LogP contribution >= 0.6 is 0 Å². The number of para-hydroxylation sites is 1. The summed E-state index contributed by atoms with van der Waals surface area (Å²) in [6.45, 7) is 5.99. The molecule has 140 valence electrons. The molecule has 2 fully saturated rings. The van der Waals surface area contributed by atoms with E-state index in [2.05, 4.69) is 15.2 Å². The van der Waals surface area contributed by atoms with Gasteiger partial charge in [-0.3, -0.25) is 9.69 Å². The quantitative estimate of drug-likeness (QED) is 0.911. The Morgan fingerprint density at radius 3 is 2.96 bits per heavy atom. The smallest absolute Gasteiger partial charge is 0.224 e. The van der Waals surface area contributed by atoms with E-state index < -0.39 is 0 Å². The summed E-state index contributed by atoms with van der Waals surface area (Å²) in [5.74, 6) is 0.734. The van der Waals surface area contributed by atoms with Crippen LogP contribution in [0.5, 0.6) is 0 Å². The minimum atomic E-state index is 0.0534. The van der Waals surface area contributed by atoms with Gasteiger partial charge >= 0.3 is 0 Å². The van der Waals surface area contributed by atoms with Crippen LogP contribution in [-0.2, 0) is 16.1 Å². The van der Waals surface area contributed by atoms with Gasteiger partial charge in [0.15, 0.2) is 5.58 Å². The van der Waals surface area contributed by atoms with E-state index in [1.54, 1.807) is 0 Å². The number of oxazole rings is 1. The maximum absolute atomic E-state index is 12.6. The predicted molar refractivity (Wildman–Crippen MR) is 98.7 cm³/mol. The molecule has 0 aliphatic carbocycles. The molecule has 1 amide bonds. The summed E-state index contributed by atoms with van der Waals surface area (Å²) >= 11 is 0. The van der Waals surface area contributed by atoms with E-state index in [0.29, 0.717) is 18.5 Å². The lowest BCUT2D eigenvalue weighted by atomic mass is 9.94. The third-order valence-electron chi connectivity index (χ3n) is 5.61. The highest BCUT2D eigenvalue weighted by Crippen LogP contribution is 2.23. The van der Waals surface area contributed by atoms with Crippen molar-refractivity contribution in [2.75, 3.05) is 26.3 Å². The molecule has 1 N–H and O–H groups in total. The van der Waals surface area contributed by atoms with Crippen LogP contribution < -0.4 is 5.32 Å². The third kappa shape index (κ3) is 3.76. The maximum Gasteiger partial charge on any atom is 0.224 e. The molecule has 2 aromatic rings. The zero-order chi connectivity index (χ0) is 17.9. The van der Waals surface area contributed by atoms with E-state index in [1.165, 1.54) is 0 Å². The number of fused-ring (bicyclic) bond motifs is 1. The number of ether oxygens (including phenoxy) is 1. The maximum atomic E-state index is 12.6. The van der Waals surface area contributed by atoms with Gasteiger partial charge in [-0.2, -0.15) is 0 Å². The zero-order valence-electron chi connectivity index (χ0n) is 15.4. The Kier molecular flexibility index (Phi) is 5.22. The Bertz CT molecular complexity index is 767. The van der Waals surface area contributed by atoms with Crippen LogP contribution in [0, 0.1) is 12.8 Å². The van der Waals surface area contributed by atoms with Crippen molar-refractivity contribution in [1.82, 2.24) is 15.2 Å². The van der Waals surface area contributed by atoms with Gasteiger partial charge < -0.3 is 14.5 Å². The Hall–Kier alpha value is -1.92. The minimum Gasteiger partial charge on any atom is -0.439 e. The molecule has 1 atom stereocenters. The Labute approximate surface area is 153 Å². The number of nitrogens with zero attached hydrogens (tertiary/aromatic N) is 2. The molecule has 0 bridgehead atoms. The van der Waals surface area contributed by atoms with E-state index in [0.717, 1.165) is 68.6 Å². The first kappa shape index (κ1) is 17.5. The standard InChI is InChI=1S/C20H27N3O3/c1-14-4-2-6-17-19(14)22-18(26-17)12-21-20(24)15-5-3-9-23(13-15)16-7-10-25-11-8-16/h2,4,6,15-16H,3,5,7-13H2,1H3,(H,21,24)/t15-/m1/s1. The number of amides is 1. The molecule has 3 heterocycles. The van der Waals surface area contributed by atoms with Crippen molar-refractivity contribution in [3.8, 4) is 0 Å². The van der Waals surface area contributed by atoms with E-state index >= 15 is 0 Å². The first-order valence-corrected chi connectivity index (χ1v) is 9.65. The van der Waals surface area contributed by atoms with Crippen LogP contribution in [0.15, 0.2) is 22.6 Å². The Balaban J connectivity index is 1.34. The molecule has 2 aliphatic heterocycles. The average Bonchev–Trinajstić information content (AvgIpc) is 3.11. The summed E-state index contributed by atoms with van der Waals surface area (Å²) in [6, 6.07) is 6.45. The summed E-state index contributed by atoms with van der Waals surface area (Å²) in [7, 11) is 0. The number of likely N-dealkylation sites (tertiary alicyclic amines) is 1. The van der Waals surface area contributed by atoms with Crippen molar-refractivity contribution in [3.05, 3.63) is 29.7 Å². The highest BCUT2D eigenvalue weighted by Gasteiger charge is 2.30. The largest absolute Gasteiger partial charge is 0.439 e. The van der Waals surface area contributed by atoms with E-state index in [4.69, 9.17) is 9.15 Å². The molecule has 2 aliphatic rings. The number of nitrogens with one attached hydrogen (secondary N) is 1. The van der Waals surface area contributed by atoms with Gasteiger partial charge in [0, 0.05) is 25.8 Å². The normalized spacial score (nSPS) is 22.6. The lowest BCUT2D eigenvalue weighted by Gasteiger charge is -2.39. The molecule has 0 spiro atoms. The highest BCUT2D eigenvalue weighted by atomic mass is 16.5. The zero-order valence-corrected chi connectivity index (χ0v) is 15.4. The monoisotopic (exact) mass is 357 g/mol. The second kappa shape index (κ2) is 7.76. The lowest BCUT2D eigenvalue weighted by Crippen LogP contribution is -2.48. The fourth-order valence-corrected chi connectivity index (χ4v) is 4.12. The number of carbonyl (C=O) groups excluding carboxylic acids is 1. The molecule has 6 nitrogen and oxygen atoms in total. The Morgan fingerprint density at radius 2 is 2.15 bits per heavy atom. The van der Waals surface area contributed by atoms with E-state index in [9.17, 15) is 4.79 Å². The van der Waals surface area contributed by atoms with E-state index in [1.807, 2.05) is 25.1 Å². The van der Waals surface area contributed by atoms with Crippen molar-refractivity contribution < 1.29 is 13.9 Å². The van der Waals surface area contributed by atoms with Crippen LogP contribution in [0.1, 0.15) is 37.1 Å². The van der Waals surface area contributed by atoms with Crippen molar-refractivity contribution in [3.63, 3.8) is 0 Å². The second-order valence-corrected chi connectivity index (χ2v) is 7.42. The van der Waals surface area contributed by atoms with Crippen LogP contribution in [0.3, 0.4) is 0 Å². The minimum absolute atomic E-state index is 0.0534. The van der Waals surface area contributed by atoms with Crippen LogP contribution in [-0.4, -0.2) is 48.1 Å². The highest BCUT2D eigenvalue weighted by molar-refractivity contribution is 5.79. The van der Waals surface area contributed by atoms with Gasteiger partial charge in [0.2, 0.25) is 11.8 Å². The van der Waals surface area contributed by atoms with Gasteiger partial charge in [-0.05, 0) is 50.8 Å². The van der Waals surface area contributed by atoms with E-state index in [-0.39, 0.29) is 11.8 Å². The SMILES string of the molecule is Cc1cccc2oc(CNC(=O)[C@@H]3CCCN(C4CCOCC4)C3)nc12. The molecule has 0 saturated carbocycles. The van der Waals surface area contributed by atoms with Crippen molar-refractivity contribution >= 4 is 17.0 Å². The Morgan fingerprint density at radius 1 is 1.31 bits per heavy atom. The number of benzene rings is 1. The molecule has 4 rings (SSSR count). The predicted octanol–water partition coefficient (Wildman–Crippen LogP) is 2.64. The van der Waals surface area contributed by atoms with Crippen LogP contribution in [0.25, 0.3) is 11.1 Å². The van der Waals surface area contributed by atoms with Crippen molar-refractivity contribution in [2.24, 2.45) is 5.92 Å². The molecule has 0 unspecified atom stereocenters. The summed E-state index contributed by atoms with van der Waals surface area (Å²) in [5, 5.41) is 3.03. The number of carbonyl (C=O) groups is 1. The summed E-state index contributed by atoms with van der Waals surface area (Å²) in [4.78, 5) is 19.6. The third-order valence-corrected chi connectivity index (χ3v) is 5.61. The first-order chi connectivity index (χ1) is 12.7. The topological polar surface area (TPSA) is 67.6 Å². The fraction of sp³-hybridized carbons (Fsp3) is 0.600. The second-order valence-electron chi connectivity index (χ2n) is 7.42. The summed E-state index contributed by atoms with van der Waals surface area (Å²) < 4.78 is 11.2. The van der Waals surface area contributed by atoms with Gasteiger partial charge in [0.1, 0.15) is 5.52 Å². The molecule has 1 aromatic carbocycles. The van der Waals surface area contributed by atoms with Crippen molar-refractivity contribution in [1.29, 1.82) is 0 Å². The van der Waals surface area contributed by atoms with Gasteiger partial charge in [-0.1, -0.05) is 12.1 Å². The number of aromatic nitrogens is 1. The number of hydrogen-bond acceptors (Lipinski definition) is 5. The number of hydrogen-bond donors (Lipinski definition) is 1.